The van der Waals surface area contributed by atoms with E-state index in [1.165, 1.54) is 15.0 Å². The van der Waals surface area contributed by atoms with Crippen molar-refractivity contribution >= 4 is 16.6 Å². The van der Waals surface area contributed by atoms with Crippen LogP contribution in [0.4, 0.5) is 0 Å². The van der Waals surface area contributed by atoms with E-state index in [0.717, 1.165) is 4.68 Å². The van der Waals surface area contributed by atoms with Crippen LogP contribution in [0.2, 0.25) is 0 Å². The second kappa shape index (κ2) is 4.67. The van der Waals surface area contributed by atoms with Crippen molar-refractivity contribution in [1.29, 1.82) is 0 Å². The Morgan fingerprint density at radius 2 is 2.28 bits per heavy atom. The highest BCUT2D eigenvalue weighted by molar-refractivity contribution is 7.82. The Morgan fingerprint density at radius 1 is 1.56 bits per heavy atom. The summed E-state index contributed by atoms with van der Waals surface area (Å²) in [6, 6.07) is 0. The number of terminal acetylenes is 1. The first-order valence-electron chi connectivity index (χ1n) is 4.89. The summed E-state index contributed by atoms with van der Waals surface area (Å²) in [7, 11) is 1.78. The minimum Gasteiger partial charge on any atom is -0.245 e. The minimum atomic E-state index is -1.49. The lowest BCUT2D eigenvalue weighted by molar-refractivity contribution is 0.573. The van der Waals surface area contributed by atoms with E-state index in [-0.39, 0.29) is 17.2 Å². The predicted molar refractivity (Wildman–Crippen MR) is 64.0 cm³/mol. The molecule has 1 unspecified atom stereocenters. The predicted octanol–water partition coefficient (Wildman–Crippen LogP) is -1.50. The van der Waals surface area contributed by atoms with Crippen molar-refractivity contribution in [2.24, 2.45) is 0 Å². The van der Waals surface area contributed by atoms with Gasteiger partial charge in [-0.1, -0.05) is 11.1 Å². The fourth-order valence-electron chi connectivity index (χ4n) is 1.30. The highest BCUT2D eigenvalue weighted by Crippen LogP contribution is 2.09. The molecular weight excluding hydrogens is 256 g/mol. The SMILES string of the molecule is C#CCn1nnc2c(S(=O)N(C)C)ncn2c1=O. The molecule has 2 aromatic rings. The molecule has 0 bridgehead atoms. The second-order valence-electron chi connectivity index (χ2n) is 3.54. The van der Waals surface area contributed by atoms with Gasteiger partial charge in [0.2, 0.25) is 5.65 Å². The van der Waals surface area contributed by atoms with E-state index < -0.39 is 16.7 Å². The van der Waals surface area contributed by atoms with Crippen LogP contribution in [-0.2, 0) is 17.5 Å². The van der Waals surface area contributed by atoms with Crippen LogP contribution >= 0.6 is 0 Å². The maximum Gasteiger partial charge on any atom is 0.353 e. The molecule has 1 atom stereocenters. The van der Waals surface area contributed by atoms with Crippen molar-refractivity contribution in [2.45, 2.75) is 11.6 Å². The topological polar surface area (TPSA) is 85.4 Å². The van der Waals surface area contributed by atoms with Gasteiger partial charge in [0.05, 0.1) is 0 Å². The highest BCUT2D eigenvalue weighted by atomic mass is 32.2. The standard InChI is InChI=1S/C9H10N6O2S/c1-4-5-15-9(16)14-6-10-8(7(14)11-12-15)18(17)13(2)3/h1,6H,5H2,2-3H3. The average Bonchev–Trinajstić information content (AvgIpc) is 2.76. The second-order valence-corrected chi connectivity index (χ2v) is 5.15. The van der Waals surface area contributed by atoms with Gasteiger partial charge >= 0.3 is 5.69 Å². The maximum absolute atomic E-state index is 11.9. The van der Waals surface area contributed by atoms with Gasteiger partial charge in [-0.3, -0.25) is 0 Å². The van der Waals surface area contributed by atoms with Crippen LogP contribution in [0, 0.1) is 12.3 Å². The summed E-state index contributed by atoms with van der Waals surface area (Å²) in [6.45, 7) is 0.0199. The van der Waals surface area contributed by atoms with Crippen LogP contribution in [0.25, 0.3) is 5.65 Å². The summed E-state index contributed by atoms with van der Waals surface area (Å²) >= 11 is 0. The molecule has 0 saturated carbocycles. The quantitative estimate of drug-likeness (QED) is 0.631. The van der Waals surface area contributed by atoms with Crippen molar-refractivity contribution in [2.75, 3.05) is 14.1 Å². The molecule has 0 radical (unpaired) electrons. The Morgan fingerprint density at radius 3 is 2.89 bits per heavy atom. The lowest BCUT2D eigenvalue weighted by Crippen LogP contribution is -2.29. The molecule has 0 amide bonds. The monoisotopic (exact) mass is 266 g/mol. The number of fused-ring (bicyclic) bond motifs is 1. The molecule has 0 saturated heterocycles. The molecule has 94 valence electrons. The van der Waals surface area contributed by atoms with Gasteiger partial charge in [0, 0.05) is 0 Å². The van der Waals surface area contributed by atoms with E-state index in [0.29, 0.717) is 0 Å². The van der Waals surface area contributed by atoms with Crippen molar-refractivity contribution < 1.29 is 4.21 Å². The summed E-state index contributed by atoms with van der Waals surface area (Å²) in [5.41, 5.74) is -0.298. The van der Waals surface area contributed by atoms with Crippen LogP contribution in [0.3, 0.4) is 0 Å². The van der Waals surface area contributed by atoms with Crippen LogP contribution in [0.15, 0.2) is 16.1 Å². The number of nitrogens with zero attached hydrogens (tertiary/aromatic N) is 6. The molecule has 0 aliphatic rings. The van der Waals surface area contributed by atoms with Crippen molar-refractivity contribution in [1.82, 2.24) is 28.7 Å². The minimum absolute atomic E-state index is 0.0199. The van der Waals surface area contributed by atoms with E-state index >= 15 is 0 Å². The normalized spacial score (nSPS) is 12.8. The smallest absolute Gasteiger partial charge is 0.245 e. The fourth-order valence-corrected chi connectivity index (χ4v) is 2.08. The largest absolute Gasteiger partial charge is 0.353 e. The van der Waals surface area contributed by atoms with Crippen LogP contribution in [0.1, 0.15) is 0 Å². The molecule has 8 nitrogen and oxygen atoms in total. The van der Waals surface area contributed by atoms with E-state index in [9.17, 15) is 9.00 Å². The Hall–Kier alpha value is -2.05. The average molecular weight is 266 g/mol. The third-order valence-corrected chi connectivity index (χ3v) is 3.40. The van der Waals surface area contributed by atoms with Gasteiger partial charge in [0.25, 0.3) is 0 Å². The number of hydrogen-bond donors (Lipinski definition) is 0. The zero-order chi connectivity index (χ0) is 13.3. The molecule has 2 heterocycles. The number of rotatable bonds is 3. The van der Waals surface area contributed by atoms with Gasteiger partial charge in [0.15, 0.2) is 5.03 Å². The van der Waals surface area contributed by atoms with Crippen molar-refractivity contribution in [3.63, 3.8) is 0 Å². The number of imidazole rings is 1. The van der Waals surface area contributed by atoms with Crippen LogP contribution in [-0.4, -0.2) is 47.0 Å². The lowest BCUT2D eigenvalue weighted by Gasteiger charge is -2.05. The van der Waals surface area contributed by atoms with Crippen LogP contribution < -0.4 is 5.69 Å². The molecule has 0 aliphatic heterocycles. The molecule has 0 aromatic carbocycles. The fraction of sp³-hybridized carbons (Fsp3) is 0.333. The van der Waals surface area contributed by atoms with Gasteiger partial charge < -0.3 is 0 Å². The summed E-state index contributed by atoms with van der Waals surface area (Å²) in [4.78, 5) is 15.8. The summed E-state index contributed by atoms with van der Waals surface area (Å²) < 4.78 is 15.5. The first-order valence-corrected chi connectivity index (χ1v) is 6.00. The number of hydrogen-bond acceptors (Lipinski definition) is 5. The Labute approximate surface area is 105 Å². The van der Waals surface area contributed by atoms with Gasteiger partial charge in [-0.15, -0.1) is 11.5 Å². The van der Waals surface area contributed by atoms with Crippen LogP contribution in [0.5, 0.6) is 0 Å². The van der Waals surface area contributed by atoms with Gasteiger partial charge in [-0.2, -0.15) is 4.68 Å². The third kappa shape index (κ3) is 1.92. The molecule has 0 spiro atoms. The third-order valence-electron chi connectivity index (χ3n) is 2.12. The molecule has 0 aliphatic carbocycles. The van der Waals surface area contributed by atoms with E-state index in [1.807, 2.05) is 0 Å². The Bertz CT molecular complexity index is 710. The zero-order valence-corrected chi connectivity index (χ0v) is 10.6. The zero-order valence-electron chi connectivity index (χ0n) is 9.77. The molecular formula is C9H10N6O2S. The Balaban J connectivity index is 2.64. The highest BCUT2D eigenvalue weighted by Gasteiger charge is 2.17. The van der Waals surface area contributed by atoms with E-state index in [1.54, 1.807) is 14.1 Å². The van der Waals surface area contributed by atoms with Gasteiger partial charge in [0.1, 0.15) is 23.9 Å². The Kier molecular flexibility index (Phi) is 3.22. The van der Waals surface area contributed by atoms with E-state index in [4.69, 9.17) is 6.42 Å². The van der Waals surface area contributed by atoms with Gasteiger partial charge in [-0.05, 0) is 14.1 Å². The van der Waals surface area contributed by atoms with E-state index in [2.05, 4.69) is 21.2 Å². The first-order chi connectivity index (χ1) is 8.56. The summed E-state index contributed by atoms with van der Waals surface area (Å²) in [5, 5.41) is 7.68. The summed E-state index contributed by atoms with van der Waals surface area (Å²) in [5.74, 6) is 2.30. The first kappa shape index (κ1) is 12.4. The van der Waals surface area contributed by atoms with Crippen molar-refractivity contribution in [3.8, 4) is 12.3 Å². The molecule has 2 aromatic heterocycles. The number of aromatic nitrogens is 5. The molecule has 0 fully saturated rings. The molecule has 2 rings (SSSR count). The molecule has 18 heavy (non-hydrogen) atoms. The lowest BCUT2D eigenvalue weighted by atomic mass is 10.7. The van der Waals surface area contributed by atoms with Gasteiger partial charge in [-0.25, -0.2) is 22.7 Å². The molecule has 9 heteroatoms. The maximum atomic E-state index is 11.9. The molecule has 0 N–H and O–H groups in total. The van der Waals surface area contributed by atoms with Crippen molar-refractivity contribution in [3.05, 3.63) is 16.8 Å². The summed E-state index contributed by atoms with van der Waals surface area (Å²) in [6.07, 6.45) is 6.37.